The standard InChI is InChI=1S/C54H77NO16/c1-15-41-33(4)44(64-30-57)34(5)43(63-29-56)31(2)27-53(9,61-13)47(71-52-46(40(55(11)12)26-32(3)65-52)69-50(59)38-22-18-16-19-23-38)35(6)45(36(7)49(58)67-41)68-42-28-54(10,62-14)48(37(8)66-42)70-51(60)39-24-20-17-21-25-39/h16-25,29-32,34-37,40-48,52H,4,15,26-28H2,1-3,5-14H3/t31-,32-,34+,35+,36-,37+,40+,41-,42?,43+,44+,45+,46-,47-,48+,52?,53+,54-/m1/s1. The van der Waals surface area contributed by atoms with E-state index in [-0.39, 0.29) is 31.4 Å². The first kappa shape index (κ1) is 57.2. The van der Waals surface area contributed by atoms with Gasteiger partial charge in [-0.25, -0.2) is 9.59 Å². The zero-order valence-electron chi connectivity index (χ0n) is 43.7. The lowest BCUT2D eigenvalue weighted by molar-refractivity contribution is -0.319. The van der Waals surface area contributed by atoms with E-state index >= 15 is 0 Å². The largest absolute Gasteiger partial charge is 0.464 e. The van der Waals surface area contributed by atoms with Crippen LogP contribution in [0.5, 0.6) is 0 Å². The molecule has 3 fully saturated rings. The molecule has 5 rings (SSSR count). The molecule has 3 saturated heterocycles. The lowest BCUT2D eigenvalue weighted by Gasteiger charge is -2.50. The van der Waals surface area contributed by atoms with Gasteiger partial charge in [0.05, 0.1) is 53.1 Å². The summed E-state index contributed by atoms with van der Waals surface area (Å²) in [5.41, 5.74) is -1.47. The van der Waals surface area contributed by atoms with Gasteiger partial charge in [0.25, 0.3) is 12.9 Å². The molecular formula is C54H77NO16. The smallest absolute Gasteiger partial charge is 0.338 e. The summed E-state index contributed by atoms with van der Waals surface area (Å²) in [6.45, 7) is 21.3. The molecule has 2 aromatic rings. The first-order valence-electron chi connectivity index (χ1n) is 24.6. The average Bonchev–Trinajstić information content (AvgIpc) is 3.35. The molecule has 0 aromatic heterocycles. The number of hydrogen-bond acceptors (Lipinski definition) is 17. The fourth-order valence-electron chi connectivity index (χ4n) is 10.8. The van der Waals surface area contributed by atoms with Gasteiger partial charge in [0.2, 0.25) is 0 Å². The normalized spacial score (nSPS) is 37.4. The highest BCUT2D eigenvalue weighted by Crippen LogP contribution is 2.43. The molecule has 0 amide bonds. The van der Waals surface area contributed by atoms with Crippen LogP contribution < -0.4 is 0 Å². The van der Waals surface area contributed by atoms with Gasteiger partial charge < -0.3 is 57.0 Å². The Labute approximate surface area is 419 Å². The molecule has 0 bridgehead atoms. The number of hydrogen-bond donors (Lipinski definition) is 0. The Morgan fingerprint density at radius 2 is 1.31 bits per heavy atom. The molecule has 71 heavy (non-hydrogen) atoms. The molecule has 17 nitrogen and oxygen atoms in total. The van der Waals surface area contributed by atoms with E-state index in [1.165, 1.54) is 14.2 Å². The zero-order chi connectivity index (χ0) is 52.4. The predicted molar refractivity (Wildman–Crippen MR) is 260 cm³/mol. The van der Waals surface area contributed by atoms with Gasteiger partial charge in [0.15, 0.2) is 24.8 Å². The lowest BCUT2D eigenvalue weighted by Crippen LogP contribution is -2.62. The molecular weight excluding hydrogens is 919 g/mol. The molecule has 394 valence electrons. The fraction of sp³-hybridized carbons (Fsp3) is 0.648. The van der Waals surface area contributed by atoms with Crippen LogP contribution in [0.15, 0.2) is 72.8 Å². The summed E-state index contributed by atoms with van der Waals surface area (Å²) >= 11 is 0. The van der Waals surface area contributed by atoms with Crippen LogP contribution in [0.25, 0.3) is 0 Å². The number of ether oxygens (including phenoxy) is 11. The summed E-state index contributed by atoms with van der Waals surface area (Å²) < 4.78 is 70.4. The minimum atomic E-state index is -1.33. The minimum Gasteiger partial charge on any atom is -0.464 e. The SMILES string of the molecule is C=C1[C@@H](CC)OC(=O)[C@H](C)[C@@H](OC2C[C@@](C)(OC)[C@@H](OC(=O)c3ccccc3)[C@H](C)O2)[C@H](C)[C@@H](OC2O[C@H](C)C[C@H](N(C)C)[C@H]2OC(=O)c2ccccc2)[C@@](C)(OC)C[C@@H](C)[C@H](OC=O)[C@H](C)[C@H]1OC=O. The molecule has 3 aliphatic rings. The van der Waals surface area contributed by atoms with Gasteiger partial charge in [-0.3, -0.25) is 14.4 Å². The van der Waals surface area contributed by atoms with E-state index < -0.39 is 114 Å². The van der Waals surface area contributed by atoms with Crippen molar-refractivity contribution < 1.29 is 76.1 Å². The molecule has 3 aliphatic heterocycles. The van der Waals surface area contributed by atoms with Crippen LogP contribution in [0.1, 0.15) is 109 Å². The highest BCUT2D eigenvalue weighted by Gasteiger charge is 2.55. The topological polar surface area (TPSA) is 190 Å². The second-order valence-corrected chi connectivity index (χ2v) is 20.1. The Bertz CT molecular complexity index is 2070. The Kier molecular flexibility index (Phi) is 20.3. The molecule has 18 atom stereocenters. The van der Waals surface area contributed by atoms with Crippen molar-refractivity contribution in [3.63, 3.8) is 0 Å². The predicted octanol–water partition coefficient (Wildman–Crippen LogP) is 7.13. The van der Waals surface area contributed by atoms with Crippen molar-refractivity contribution in [2.45, 2.75) is 173 Å². The van der Waals surface area contributed by atoms with Crippen molar-refractivity contribution in [2.24, 2.45) is 23.7 Å². The van der Waals surface area contributed by atoms with E-state index in [0.29, 0.717) is 36.1 Å². The van der Waals surface area contributed by atoms with E-state index in [0.717, 1.165) is 0 Å². The Balaban J connectivity index is 1.65. The highest BCUT2D eigenvalue weighted by atomic mass is 16.7. The first-order valence-corrected chi connectivity index (χ1v) is 24.6. The number of carbonyl (C=O) groups excluding carboxylic acids is 5. The van der Waals surface area contributed by atoms with Gasteiger partial charge in [-0.1, -0.05) is 70.7 Å². The molecule has 0 saturated carbocycles. The van der Waals surface area contributed by atoms with Gasteiger partial charge >= 0.3 is 17.9 Å². The fourth-order valence-corrected chi connectivity index (χ4v) is 10.8. The molecule has 2 aromatic carbocycles. The second kappa shape index (κ2) is 25.3. The summed E-state index contributed by atoms with van der Waals surface area (Å²) in [4.78, 5) is 68.5. The maximum Gasteiger partial charge on any atom is 0.338 e. The van der Waals surface area contributed by atoms with E-state index in [1.807, 2.05) is 60.5 Å². The number of methoxy groups -OCH3 is 2. The monoisotopic (exact) mass is 996 g/mol. The van der Waals surface area contributed by atoms with Crippen molar-refractivity contribution in [2.75, 3.05) is 28.3 Å². The molecule has 0 N–H and O–H groups in total. The van der Waals surface area contributed by atoms with Crippen LogP contribution in [0.3, 0.4) is 0 Å². The number of esters is 3. The number of carbonyl (C=O) groups is 5. The summed E-state index contributed by atoms with van der Waals surface area (Å²) in [7, 11) is 6.84. The maximum atomic E-state index is 14.8. The van der Waals surface area contributed by atoms with Crippen LogP contribution in [-0.2, 0) is 66.5 Å². The summed E-state index contributed by atoms with van der Waals surface area (Å²) in [6, 6.07) is 16.9. The van der Waals surface area contributed by atoms with Crippen molar-refractivity contribution in [3.05, 3.63) is 83.9 Å². The molecule has 17 heteroatoms. The van der Waals surface area contributed by atoms with Gasteiger partial charge in [-0.15, -0.1) is 0 Å². The van der Waals surface area contributed by atoms with Crippen molar-refractivity contribution in [1.82, 2.24) is 4.90 Å². The van der Waals surface area contributed by atoms with E-state index in [4.69, 9.17) is 52.1 Å². The number of nitrogens with zero attached hydrogens (tertiary/aromatic N) is 1. The third-order valence-electron chi connectivity index (χ3n) is 14.8. The molecule has 3 heterocycles. The second-order valence-electron chi connectivity index (χ2n) is 20.1. The van der Waals surface area contributed by atoms with Gasteiger partial charge in [0.1, 0.15) is 23.9 Å². The summed E-state index contributed by atoms with van der Waals surface area (Å²) in [5, 5.41) is 0. The number of rotatable bonds is 16. The van der Waals surface area contributed by atoms with Crippen molar-refractivity contribution in [3.8, 4) is 0 Å². The number of likely N-dealkylation sites (N-methyl/N-ethyl adjacent to an activating group) is 1. The van der Waals surface area contributed by atoms with E-state index in [9.17, 15) is 24.0 Å². The van der Waals surface area contributed by atoms with Crippen LogP contribution in [0, 0.1) is 23.7 Å². The van der Waals surface area contributed by atoms with Crippen LogP contribution in [-0.4, -0.2) is 149 Å². The van der Waals surface area contributed by atoms with Crippen LogP contribution in [0.4, 0.5) is 0 Å². The Morgan fingerprint density at radius 3 is 1.85 bits per heavy atom. The summed E-state index contributed by atoms with van der Waals surface area (Å²) in [5.74, 6) is -4.86. The maximum absolute atomic E-state index is 14.8. The highest BCUT2D eigenvalue weighted by molar-refractivity contribution is 5.90. The molecule has 0 spiro atoms. The summed E-state index contributed by atoms with van der Waals surface area (Å²) in [6.07, 6.45) is -9.27. The lowest BCUT2D eigenvalue weighted by atomic mass is 9.74. The van der Waals surface area contributed by atoms with E-state index in [1.54, 1.807) is 81.4 Å². The van der Waals surface area contributed by atoms with Gasteiger partial charge in [-0.05, 0) is 98.2 Å². The third kappa shape index (κ3) is 13.5. The molecule has 2 unspecified atom stereocenters. The van der Waals surface area contributed by atoms with Gasteiger partial charge in [0, 0.05) is 38.0 Å². The Hall–Kier alpha value is -4.75. The number of benzene rings is 2. The first-order chi connectivity index (χ1) is 33.7. The third-order valence-corrected chi connectivity index (χ3v) is 14.8. The Morgan fingerprint density at radius 1 is 0.746 bits per heavy atom. The number of cyclic esters (lactones) is 1. The van der Waals surface area contributed by atoms with Crippen molar-refractivity contribution in [1.29, 1.82) is 0 Å². The molecule has 0 radical (unpaired) electrons. The van der Waals surface area contributed by atoms with E-state index in [2.05, 4.69) is 6.58 Å². The zero-order valence-corrected chi connectivity index (χ0v) is 43.7. The minimum absolute atomic E-state index is 0.0582. The van der Waals surface area contributed by atoms with Crippen LogP contribution in [0.2, 0.25) is 0 Å². The molecule has 0 aliphatic carbocycles. The average molecular weight is 996 g/mol. The quantitative estimate of drug-likeness (QED) is 0.0714. The van der Waals surface area contributed by atoms with Crippen LogP contribution >= 0.6 is 0 Å². The van der Waals surface area contributed by atoms with Crippen molar-refractivity contribution >= 4 is 30.9 Å². The van der Waals surface area contributed by atoms with Gasteiger partial charge in [-0.2, -0.15) is 0 Å².